The minimum atomic E-state index is -0.865. The maximum absolute atomic E-state index is 12.6. The molecule has 0 radical (unpaired) electrons. The Morgan fingerprint density at radius 1 is 1.04 bits per heavy atom. The molecule has 0 unspecified atom stereocenters. The van der Waals surface area contributed by atoms with E-state index in [0.29, 0.717) is 11.1 Å². The number of benzene rings is 2. The number of nitrogens with zero attached hydrogens (tertiary/aromatic N) is 1. The lowest BCUT2D eigenvalue weighted by Gasteiger charge is -2.24. The van der Waals surface area contributed by atoms with E-state index in [-0.39, 0.29) is 17.9 Å². The molecule has 1 atom stereocenters. The summed E-state index contributed by atoms with van der Waals surface area (Å²) in [5, 5.41) is 10.7. The highest BCUT2D eigenvalue weighted by molar-refractivity contribution is 6.46. The zero-order valence-corrected chi connectivity index (χ0v) is 14.1. The molecule has 0 spiro atoms. The van der Waals surface area contributed by atoms with Gasteiger partial charge in [0.25, 0.3) is 11.7 Å². The monoisotopic (exact) mass is 351 g/mol. The second-order valence-corrected chi connectivity index (χ2v) is 5.78. The van der Waals surface area contributed by atoms with Gasteiger partial charge in [-0.05, 0) is 5.56 Å². The van der Waals surface area contributed by atoms with Crippen molar-refractivity contribution < 1.29 is 24.2 Å². The van der Waals surface area contributed by atoms with Crippen LogP contribution in [0, 0.1) is 0 Å². The van der Waals surface area contributed by atoms with Crippen LogP contribution in [0.5, 0.6) is 0 Å². The molecule has 1 aliphatic heterocycles. The number of Topliss-reactive ketones (excluding diaryl/α,β-unsaturated/α-hetero) is 1. The Balaban J connectivity index is 2.16. The first kappa shape index (κ1) is 17.4. The molecule has 6 heteroatoms. The van der Waals surface area contributed by atoms with Crippen LogP contribution in [0.4, 0.5) is 0 Å². The van der Waals surface area contributed by atoms with E-state index in [2.05, 4.69) is 4.74 Å². The Morgan fingerprint density at radius 3 is 2.19 bits per heavy atom. The highest BCUT2D eigenvalue weighted by atomic mass is 16.5. The standard InChI is InChI=1S/C20H17NO5/c1-26-15(22)12-21-17(13-8-4-2-5-9-13)16(19(24)20(21)25)18(23)14-10-6-3-7-11-14/h2-11,17,23H,12H2,1H3/t17-/m0/s1. The first-order chi connectivity index (χ1) is 12.5. The highest BCUT2D eigenvalue weighted by Crippen LogP contribution is 2.39. The van der Waals surface area contributed by atoms with Crippen LogP contribution in [0.2, 0.25) is 0 Å². The van der Waals surface area contributed by atoms with E-state index in [0.717, 1.165) is 4.90 Å². The topological polar surface area (TPSA) is 83.9 Å². The number of carbonyl (C=O) groups excluding carboxylic acids is 3. The van der Waals surface area contributed by atoms with E-state index < -0.39 is 23.7 Å². The molecule has 0 aromatic heterocycles. The summed E-state index contributed by atoms with van der Waals surface area (Å²) in [6, 6.07) is 16.4. The zero-order valence-electron chi connectivity index (χ0n) is 14.1. The van der Waals surface area contributed by atoms with Gasteiger partial charge in [0.1, 0.15) is 12.3 Å². The van der Waals surface area contributed by atoms with Gasteiger partial charge in [-0.1, -0.05) is 60.7 Å². The molecule has 132 valence electrons. The lowest BCUT2D eigenvalue weighted by atomic mass is 9.95. The molecule has 1 amide bonds. The number of ether oxygens (including phenoxy) is 1. The molecule has 3 rings (SSSR count). The minimum Gasteiger partial charge on any atom is -0.507 e. The summed E-state index contributed by atoms with van der Waals surface area (Å²) in [5.41, 5.74) is 0.994. The van der Waals surface area contributed by atoms with Gasteiger partial charge in [0, 0.05) is 5.56 Å². The molecule has 26 heavy (non-hydrogen) atoms. The van der Waals surface area contributed by atoms with Gasteiger partial charge < -0.3 is 14.7 Å². The third kappa shape index (κ3) is 3.09. The molecular formula is C20H17NO5. The predicted molar refractivity (Wildman–Crippen MR) is 93.9 cm³/mol. The Morgan fingerprint density at radius 2 is 1.62 bits per heavy atom. The number of ketones is 1. The van der Waals surface area contributed by atoms with Crippen LogP contribution in [0.25, 0.3) is 5.76 Å². The lowest BCUT2D eigenvalue weighted by molar-refractivity contribution is -0.148. The SMILES string of the molecule is COC(=O)CN1C(=O)C(=O)C(=C(O)c2ccccc2)[C@@H]1c1ccccc1. The van der Waals surface area contributed by atoms with Gasteiger partial charge in [0.15, 0.2) is 0 Å². The summed E-state index contributed by atoms with van der Waals surface area (Å²) in [5.74, 6) is -2.59. The third-order valence-electron chi connectivity index (χ3n) is 4.23. The van der Waals surface area contributed by atoms with E-state index in [1.807, 2.05) is 0 Å². The first-order valence-electron chi connectivity index (χ1n) is 8.00. The number of methoxy groups -OCH3 is 1. The number of carbonyl (C=O) groups is 3. The average Bonchev–Trinajstić information content (AvgIpc) is 2.93. The van der Waals surface area contributed by atoms with Crippen molar-refractivity contribution in [2.75, 3.05) is 13.7 Å². The molecule has 0 bridgehead atoms. The van der Waals surface area contributed by atoms with Gasteiger partial charge in [-0.2, -0.15) is 0 Å². The fraction of sp³-hybridized carbons (Fsp3) is 0.150. The third-order valence-corrected chi connectivity index (χ3v) is 4.23. The van der Waals surface area contributed by atoms with Gasteiger partial charge in [-0.3, -0.25) is 14.4 Å². The average molecular weight is 351 g/mol. The van der Waals surface area contributed by atoms with Crippen molar-refractivity contribution in [2.24, 2.45) is 0 Å². The van der Waals surface area contributed by atoms with Gasteiger partial charge in [-0.25, -0.2) is 0 Å². The van der Waals surface area contributed by atoms with Crippen LogP contribution in [0.1, 0.15) is 17.2 Å². The molecule has 6 nitrogen and oxygen atoms in total. The first-order valence-corrected chi connectivity index (χ1v) is 8.00. The number of rotatable bonds is 4. The Hall–Kier alpha value is -3.41. The van der Waals surface area contributed by atoms with Crippen LogP contribution in [0.15, 0.2) is 66.2 Å². The molecule has 1 heterocycles. The quantitative estimate of drug-likeness (QED) is 0.395. The van der Waals surface area contributed by atoms with Crippen LogP contribution in [-0.2, 0) is 19.1 Å². The molecule has 2 aromatic rings. The van der Waals surface area contributed by atoms with Crippen LogP contribution < -0.4 is 0 Å². The van der Waals surface area contributed by atoms with Crippen molar-refractivity contribution in [3.05, 3.63) is 77.4 Å². The fourth-order valence-electron chi connectivity index (χ4n) is 2.98. The van der Waals surface area contributed by atoms with E-state index in [1.165, 1.54) is 7.11 Å². The van der Waals surface area contributed by atoms with E-state index >= 15 is 0 Å². The molecule has 2 aromatic carbocycles. The highest BCUT2D eigenvalue weighted by Gasteiger charge is 2.46. The van der Waals surface area contributed by atoms with Crippen molar-refractivity contribution in [1.29, 1.82) is 0 Å². The summed E-state index contributed by atoms with van der Waals surface area (Å²) >= 11 is 0. The summed E-state index contributed by atoms with van der Waals surface area (Å²) in [7, 11) is 1.21. The zero-order chi connectivity index (χ0) is 18.7. The normalized spacial score (nSPS) is 18.8. The summed E-state index contributed by atoms with van der Waals surface area (Å²) in [4.78, 5) is 38.0. The van der Waals surface area contributed by atoms with Crippen molar-refractivity contribution in [3.8, 4) is 0 Å². The van der Waals surface area contributed by atoms with Gasteiger partial charge in [0.2, 0.25) is 0 Å². The number of amides is 1. The fourth-order valence-corrected chi connectivity index (χ4v) is 2.98. The predicted octanol–water partition coefficient (Wildman–Crippen LogP) is 2.28. The maximum atomic E-state index is 12.6. The van der Waals surface area contributed by atoms with Crippen LogP contribution in [-0.4, -0.2) is 41.3 Å². The van der Waals surface area contributed by atoms with Gasteiger partial charge >= 0.3 is 5.97 Å². The molecular weight excluding hydrogens is 334 g/mol. The van der Waals surface area contributed by atoms with Crippen LogP contribution >= 0.6 is 0 Å². The molecule has 0 aliphatic carbocycles. The number of esters is 1. The second kappa shape index (κ2) is 7.23. The number of hydrogen-bond acceptors (Lipinski definition) is 5. The number of aliphatic hydroxyl groups excluding tert-OH is 1. The summed E-state index contributed by atoms with van der Waals surface area (Å²) in [6.07, 6.45) is 0. The molecule has 1 aliphatic rings. The van der Waals surface area contributed by atoms with E-state index in [4.69, 9.17) is 0 Å². The number of hydrogen-bond donors (Lipinski definition) is 1. The smallest absolute Gasteiger partial charge is 0.325 e. The Bertz CT molecular complexity index is 874. The van der Waals surface area contributed by atoms with Gasteiger partial charge in [0.05, 0.1) is 18.7 Å². The van der Waals surface area contributed by atoms with Crippen molar-refractivity contribution in [1.82, 2.24) is 4.90 Å². The summed E-state index contributed by atoms with van der Waals surface area (Å²) in [6.45, 7) is -0.383. The molecule has 1 saturated heterocycles. The van der Waals surface area contributed by atoms with Crippen LogP contribution in [0.3, 0.4) is 0 Å². The Kier molecular flexibility index (Phi) is 4.84. The number of likely N-dealkylation sites (tertiary alicyclic amines) is 1. The molecule has 0 saturated carbocycles. The summed E-state index contributed by atoms with van der Waals surface area (Å²) < 4.78 is 4.64. The molecule has 1 N–H and O–H groups in total. The maximum Gasteiger partial charge on any atom is 0.325 e. The minimum absolute atomic E-state index is 0.0451. The largest absolute Gasteiger partial charge is 0.507 e. The van der Waals surface area contributed by atoms with Crippen molar-refractivity contribution in [3.63, 3.8) is 0 Å². The van der Waals surface area contributed by atoms with E-state index in [1.54, 1.807) is 60.7 Å². The number of aliphatic hydroxyl groups is 1. The lowest BCUT2D eigenvalue weighted by Crippen LogP contribution is -2.35. The van der Waals surface area contributed by atoms with Crippen molar-refractivity contribution in [2.45, 2.75) is 6.04 Å². The molecule has 1 fully saturated rings. The van der Waals surface area contributed by atoms with E-state index in [9.17, 15) is 19.5 Å². The van der Waals surface area contributed by atoms with Crippen molar-refractivity contribution >= 4 is 23.4 Å². The Labute approximate surface area is 150 Å². The van der Waals surface area contributed by atoms with Gasteiger partial charge in [-0.15, -0.1) is 0 Å². The second-order valence-electron chi connectivity index (χ2n) is 5.78.